The summed E-state index contributed by atoms with van der Waals surface area (Å²) in [6.07, 6.45) is -0.467. The van der Waals surface area contributed by atoms with Gasteiger partial charge in [0.25, 0.3) is 0 Å². The van der Waals surface area contributed by atoms with Gasteiger partial charge in [-0.15, -0.1) is 0 Å². The summed E-state index contributed by atoms with van der Waals surface area (Å²) < 4.78 is 38.2. The number of rotatable bonds is 2. The maximum absolute atomic E-state index is 12.7. The molecule has 2 aliphatic heterocycles. The molecule has 2 unspecified atom stereocenters. The van der Waals surface area contributed by atoms with E-state index in [4.69, 9.17) is 0 Å². The number of carbonyl (C=O) groups excluding carboxylic acids is 1. The number of fused-ring (bicyclic) bond motifs is 2. The van der Waals surface area contributed by atoms with E-state index in [2.05, 4.69) is 11.9 Å². The van der Waals surface area contributed by atoms with Crippen LogP contribution in [-0.4, -0.2) is 29.8 Å². The fraction of sp³-hybridized carbons (Fsp3) is 0.588. The molecule has 0 saturated carbocycles. The maximum atomic E-state index is 12.7. The zero-order valence-corrected chi connectivity index (χ0v) is 12.8. The predicted molar refractivity (Wildman–Crippen MR) is 77.8 cm³/mol. The van der Waals surface area contributed by atoms with Gasteiger partial charge in [-0.1, -0.05) is 6.07 Å². The first kappa shape index (κ1) is 15.5. The molecule has 2 heterocycles. The van der Waals surface area contributed by atoms with Crippen LogP contribution in [0.3, 0.4) is 0 Å². The number of piperidine rings is 1. The molecule has 3 rings (SSSR count). The molecule has 2 atom stereocenters. The smallest absolute Gasteiger partial charge is 0.300 e. The molecule has 0 spiro atoms. The van der Waals surface area contributed by atoms with Crippen molar-refractivity contribution < 1.29 is 18.0 Å². The van der Waals surface area contributed by atoms with Crippen molar-refractivity contribution in [3.63, 3.8) is 0 Å². The highest BCUT2D eigenvalue weighted by Crippen LogP contribution is 2.39. The third-order valence-electron chi connectivity index (χ3n) is 5.29. The minimum Gasteiger partial charge on any atom is -0.300 e. The zero-order chi connectivity index (χ0) is 16.1. The Kier molecular flexibility index (Phi) is 3.79. The van der Waals surface area contributed by atoms with Crippen molar-refractivity contribution in [1.29, 1.82) is 0 Å². The minimum atomic E-state index is -4.36. The Morgan fingerprint density at radius 2 is 1.77 bits per heavy atom. The average molecular weight is 311 g/mol. The number of hydrogen-bond donors (Lipinski definition) is 0. The number of carbonyl (C=O) groups is 1. The van der Waals surface area contributed by atoms with Gasteiger partial charge in [-0.3, -0.25) is 4.79 Å². The molecule has 1 aromatic rings. The van der Waals surface area contributed by atoms with E-state index >= 15 is 0 Å². The molecule has 120 valence electrons. The Labute approximate surface area is 128 Å². The van der Waals surface area contributed by atoms with E-state index in [0.717, 1.165) is 37.8 Å². The highest BCUT2D eigenvalue weighted by Gasteiger charge is 2.41. The number of Topliss-reactive ketones (excluding diaryl/α,β-unsaturated/α-hetero) is 1. The molecule has 1 aromatic carbocycles. The second-order valence-corrected chi connectivity index (χ2v) is 6.61. The molecule has 2 fully saturated rings. The lowest BCUT2D eigenvalue weighted by atomic mass is 9.83. The normalized spacial score (nSPS) is 28.9. The fourth-order valence-electron chi connectivity index (χ4n) is 3.96. The molecular formula is C17H20F3NO. The Morgan fingerprint density at radius 1 is 1.18 bits per heavy atom. The molecule has 0 radical (unpaired) electrons. The van der Waals surface area contributed by atoms with Gasteiger partial charge in [0.2, 0.25) is 0 Å². The summed E-state index contributed by atoms with van der Waals surface area (Å²) in [7, 11) is 2.10. The van der Waals surface area contributed by atoms with Crippen LogP contribution in [-0.2, 0) is 6.18 Å². The van der Waals surface area contributed by atoms with Gasteiger partial charge in [0, 0.05) is 23.6 Å². The molecule has 2 saturated heterocycles. The largest absolute Gasteiger partial charge is 0.416 e. The zero-order valence-electron chi connectivity index (χ0n) is 12.8. The van der Waals surface area contributed by atoms with E-state index in [1.807, 2.05) is 0 Å². The standard InChI is InChI=1S/C17H20F3NO/c1-10-7-12(17(18,19)20)3-6-15(10)16(22)11-8-13-4-5-14(9-11)21(13)2/h3,6-7,11,13-14H,4-5,8-9H2,1-2H3. The highest BCUT2D eigenvalue weighted by molar-refractivity contribution is 5.99. The quantitative estimate of drug-likeness (QED) is 0.767. The van der Waals surface area contributed by atoms with E-state index in [9.17, 15) is 18.0 Å². The van der Waals surface area contributed by atoms with Crippen LogP contribution in [0.15, 0.2) is 18.2 Å². The topological polar surface area (TPSA) is 20.3 Å². The second kappa shape index (κ2) is 5.37. The predicted octanol–water partition coefficient (Wildman–Crippen LogP) is 4.07. The van der Waals surface area contributed by atoms with Gasteiger partial charge in [-0.2, -0.15) is 13.2 Å². The summed E-state index contributed by atoms with van der Waals surface area (Å²) in [6.45, 7) is 1.59. The van der Waals surface area contributed by atoms with Crippen LogP contribution in [0.5, 0.6) is 0 Å². The van der Waals surface area contributed by atoms with Crippen molar-refractivity contribution in [3.8, 4) is 0 Å². The van der Waals surface area contributed by atoms with Crippen molar-refractivity contribution in [2.24, 2.45) is 5.92 Å². The summed E-state index contributed by atoms with van der Waals surface area (Å²) in [5.41, 5.74) is 0.179. The SMILES string of the molecule is Cc1cc(C(F)(F)F)ccc1C(=O)C1CC2CCC(C1)N2C. The fourth-order valence-corrected chi connectivity index (χ4v) is 3.96. The van der Waals surface area contributed by atoms with Gasteiger partial charge in [-0.05, 0) is 57.4 Å². The van der Waals surface area contributed by atoms with E-state index in [1.165, 1.54) is 6.07 Å². The first-order chi connectivity index (χ1) is 10.3. The van der Waals surface area contributed by atoms with Gasteiger partial charge in [0.15, 0.2) is 5.78 Å². The van der Waals surface area contributed by atoms with Crippen molar-refractivity contribution in [2.75, 3.05) is 7.05 Å². The number of nitrogens with zero attached hydrogens (tertiary/aromatic N) is 1. The summed E-state index contributed by atoms with van der Waals surface area (Å²) >= 11 is 0. The van der Waals surface area contributed by atoms with E-state index < -0.39 is 11.7 Å². The summed E-state index contributed by atoms with van der Waals surface area (Å²) in [4.78, 5) is 15.1. The van der Waals surface area contributed by atoms with Crippen LogP contribution >= 0.6 is 0 Å². The Hall–Kier alpha value is -1.36. The van der Waals surface area contributed by atoms with Gasteiger partial charge < -0.3 is 4.90 Å². The summed E-state index contributed by atoms with van der Waals surface area (Å²) in [5, 5.41) is 0. The lowest BCUT2D eigenvalue weighted by molar-refractivity contribution is -0.137. The number of benzene rings is 1. The van der Waals surface area contributed by atoms with Crippen molar-refractivity contribution in [1.82, 2.24) is 4.90 Å². The molecule has 22 heavy (non-hydrogen) atoms. The average Bonchev–Trinajstić information content (AvgIpc) is 2.67. The molecule has 2 nitrogen and oxygen atoms in total. The first-order valence-corrected chi connectivity index (χ1v) is 7.71. The van der Waals surface area contributed by atoms with Crippen molar-refractivity contribution >= 4 is 5.78 Å². The Balaban J connectivity index is 1.81. The summed E-state index contributed by atoms with van der Waals surface area (Å²) in [5.74, 6) is -0.0413. The second-order valence-electron chi connectivity index (χ2n) is 6.61. The monoisotopic (exact) mass is 311 g/mol. The van der Waals surface area contributed by atoms with E-state index in [0.29, 0.717) is 23.2 Å². The Bertz CT molecular complexity index is 582. The number of alkyl halides is 3. The van der Waals surface area contributed by atoms with Crippen LogP contribution in [0.2, 0.25) is 0 Å². The lowest BCUT2D eigenvalue weighted by Gasteiger charge is -2.35. The molecule has 0 N–H and O–H groups in total. The molecule has 2 bridgehead atoms. The molecule has 0 aromatic heterocycles. The van der Waals surface area contributed by atoms with Gasteiger partial charge in [0.05, 0.1) is 5.56 Å². The van der Waals surface area contributed by atoms with Gasteiger partial charge in [-0.25, -0.2) is 0 Å². The van der Waals surface area contributed by atoms with E-state index in [1.54, 1.807) is 6.92 Å². The van der Waals surface area contributed by atoms with Gasteiger partial charge in [0.1, 0.15) is 0 Å². The van der Waals surface area contributed by atoms with Crippen molar-refractivity contribution in [2.45, 2.75) is 50.9 Å². The number of hydrogen-bond acceptors (Lipinski definition) is 2. The van der Waals surface area contributed by atoms with Crippen LogP contribution in [0.25, 0.3) is 0 Å². The summed E-state index contributed by atoms with van der Waals surface area (Å²) in [6, 6.07) is 4.34. The lowest BCUT2D eigenvalue weighted by Crippen LogP contribution is -2.42. The van der Waals surface area contributed by atoms with Crippen LogP contribution in [0, 0.1) is 12.8 Å². The number of halogens is 3. The number of ketones is 1. The Morgan fingerprint density at radius 3 is 2.27 bits per heavy atom. The van der Waals surface area contributed by atoms with Crippen LogP contribution in [0.4, 0.5) is 13.2 Å². The molecule has 0 aliphatic carbocycles. The molecular weight excluding hydrogens is 291 g/mol. The van der Waals surface area contributed by atoms with E-state index in [-0.39, 0.29) is 11.7 Å². The third-order valence-corrected chi connectivity index (χ3v) is 5.29. The third kappa shape index (κ3) is 2.67. The molecule has 5 heteroatoms. The first-order valence-electron chi connectivity index (χ1n) is 7.71. The van der Waals surface area contributed by atoms with Gasteiger partial charge >= 0.3 is 6.18 Å². The highest BCUT2D eigenvalue weighted by atomic mass is 19.4. The minimum absolute atomic E-state index is 0.0104. The maximum Gasteiger partial charge on any atom is 0.416 e. The van der Waals surface area contributed by atoms with Crippen molar-refractivity contribution in [3.05, 3.63) is 34.9 Å². The van der Waals surface area contributed by atoms with Crippen LogP contribution < -0.4 is 0 Å². The van der Waals surface area contributed by atoms with Crippen LogP contribution in [0.1, 0.15) is 47.2 Å². The molecule has 2 aliphatic rings. The molecule has 0 amide bonds. The number of aryl methyl sites for hydroxylation is 1.